The minimum atomic E-state index is -0.718. The third-order valence-electron chi connectivity index (χ3n) is 3.73. The van der Waals surface area contributed by atoms with Gasteiger partial charge in [-0.25, -0.2) is 4.79 Å². The summed E-state index contributed by atoms with van der Waals surface area (Å²) in [5, 5.41) is 3.39. The van der Waals surface area contributed by atoms with Gasteiger partial charge in [-0.2, -0.15) is 0 Å². The van der Waals surface area contributed by atoms with Gasteiger partial charge in [0.1, 0.15) is 5.54 Å². The smallest absolute Gasteiger partial charge is 0.331 e. The minimum absolute atomic E-state index is 0.226. The summed E-state index contributed by atoms with van der Waals surface area (Å²) >= 11 is 0. The molecular weight excluding hydrogens is 254 g/mol. The van der Waals surface area contributed by atoms with Crippen molar-refractivity contribution >= 4 is 11.7 Å². The fraction of sp³-hybridized carbons (Fsp3) is 0.562. The second-order valence-electron chi connectivity index (χ2n) is 6.10. The van der Waals surface area contributed by atoms with E-state index in [1.807, 2.05) is 45.0 Å². The molecule has 1 N–H and O–H groups in total. The highest BCUT2D eigenvalue weighted by Gasteiger charge is 2.47. The maximum Gasteiger partial charge on any atom is 0.331 e. The Morgan fingerprint density at radius 3 is 2.75 bits per heavy atom. The number of hydrogen-bond acceptors (Lipinski definition) is 4. The maximum atomic E-state index is 12.3. The van der Waals surface area contributed by atoms with Crippen LogP contribution in [0.1, 0.15) is 32.3 Å². The first-order valence-electron chi connectivity index (χ1n) is 6.94. The van der Waals surface area contributed by atoms with Crippen molar-refractivity contribution in [3.8, 4) is 0 Å². The van der Waals surface area contributed by atoms with Crippen molar-refractivity contribution in [1.29, 1.82) is 0 Å². The number of aryl methyl sites for hydroxylation is 1. The molecule has 0 radical (unpaired) electrons. The quantitative estimate of drug-likeness (QED) is 0.863. The average molecular weight is 277 g/mol. The van der Waals surface area contributed by atoms with Crippen molar-refractivity contribution in [3.63, 3.8) is 0 Å². The summed E-state index contributed by atoms with van der Waals surface area (Å²) in [5.41, 5.74) is 1.03. The van der Waals surface area contributed by atoms with Gasteiger partial charge in [0.2, 0.25) is 0 Å². The zero-order chi connectivity index (χ0) is 14.8. The highest BCUT2D eigenvalue weighted by Crippen LogP contribution is 2.35. The lowest BCUT2D eigenvalue weighted by molar-refractivity contribution is -0.156. The number of esters is 1. The third kappa shape index (κ3) is 3.12. The second kappa shape index (κ2) is 5.44. The van der Waals surface area contributed by atoms with E-state index in [1.54, 1.807) is 0 Å². The van der Waals surface area contributed by atoms with Gasteiger partial charge >= 0.3 is 5.97 Å². The largest absolute Gasteiger partial charge is 0.467 e. The molecule has 0 saturated carbocycles. The summed E-state index contributed by atoms with van der Waals surface area (Å²) in [6.07, 6.45) is 1.19. The summed E-state index contributed by atoms with van der Waals surface area (Å²) < 4.78 is 10.8. The van der Waals surface area contributed by atoms with Gasteiger partial charge in [0.05, 0.1) is 19.3 Å². The molecule has 1 aliphatic rings. The fourth-order valence-electron chi connectivity index (χ4n) is 2.89. The lowest BCUT2D eigenvalue weighted by Gasteiger charge is -2.43. The van der Waals surface area contributed by atoms with E-state index in [9.17, 15) is 4.79 Å². The summed E-state index contributed by atoms with van der Waals surface area (Å²) in [6, 6.07) is 8.02. The normalized spacial score (nSPS) is 25.0. The van der Waals surface area contributed by atoms with E-state index in [0.29, 0.717) is 19.4 Å². The number of ether oxygens (including phenoxy) is 2. The lowest BCUT2D eigenvalue weighted by Crippen LogP contribution is -2.56. The highest BCUT2D eigenvalue weighted by molar-refractivity contribution is 5.85. The van der Waals surface area contributed by atoms with Crippen LogP contribution >= 0.6 is 0 Å². The third-order valence-corrected chi connectivity index (χ3v) is 3.73. The molecule has 1 unspecified atom stereocenters. The van der Waals surface area contributed by atoms with E-state index in [-0.39, 0.29) is 11.6 Å². The molecule has 110 valence electrons. The maximum absolute atomic E-state index is 12.3. The van der Waals surface area contributed by atoms with Crippen molar-refractivity contribution < 1.29 is 14.3 Å². The van der Waals surface area contributed by atoms with Crippen LogP contribution in [0.15, 0.2) is 24.3 Å². The molecule has 0 amide bonds. The molecule has 1 aliphatic heterocycles. The van der Waals surface area contributed by atoms with Gasteiger partial charge in [0.15, 0.2) is 0 Å². The number of methoxy groups -OCH3 is 1. The van der Waals surface area contributed by atoms with Crippen molar-refractivity contribution in [2.24, 2.45) is 0 Å². The van der Waals surface area contributed by atoms with E-state index in [0.717, 1.165) is 11.3 Å². The SMILES string of the molecule is COC(=O)C1(Nc2cccc(C)c2)CCOC(C)(C)C1. The molecule has 1 aromatic rings. The van der Waals surface area contributed by atoms with Crippen molar-refractivity contribution in [1.82, 2.24) is 0 Å². The van der Waals surface area contributed by atoms with Crippen LogP contribution in [-0.4, -0.2) is 30.8 Å². The first-order valence-corrected chi connectivity index (χ1v) is 6.94. The summed E-state index contributed by atoms with van der Waals surface area (Å²) in [5.74, 6) is -0.226. The molecule has 0 aromatic heterocycles. The number of hydrogen-bond donors (Lipinski definition) is 1. The molecular formula is C16H23NO3. The Morgan fingerprint density at radius 1 is 1.40 bits per heavy atom. The summed E-state index contributed by atoms with van der Waals surface area (Å²) in [4.78, 5) is 12.3. The van der Waals surface area contributed by atoms with Gasteiger partial charge in [-0.1, -0.05) is 12.1 Å². The predicted molar refractivity (Wildman–Crippen MR) is 78.8 cm³/mol. The molecule has 1 atom stereocenters. The standard InChI is InChI=1S/C16H23NO3/c1-12-6-5-7-13(10-12)17-16(14(18)19-4)8-9-20-15(2,3)11-16/h5-7,10,17H,8-9,11H2,1-4H3. The first-order chi connectivity index (χ1) is 9.37. The van der Waals surface area contributed by atoms with Crippen LogP contribution in [0, 0.1) is 6.92 Å². The Labute approximate surface area is 120 Å². The van der Waals surface area contributed by atoms with E-state index >= 15 is 0 Å². The van der Waals surface area contributed by atoms with Crippen LogP contribution in [0.2, 0.25) is 0 Å². The molecule has 4 nitrogen and oxygen atoms in total. The molecule has 1 heterocycles. The van der Waals surface area contributed by atoms with Crippen LogP contribution in [-0.2, 0) is 14.3 Å². The zero-order valence-corrected chi connectivity index (χ0v) is 12.7. The van der Waals surface area contributed by atoms with Crippen LogP contribution in [0.4, 0.5) is 5.69 Å². The summed E-state index contributed by atoms with van der Waals surface area (Å²) in [7, 11) is 1.43. The average Bonchev–Trinajstić information content (AvgIpc) is 2.36. The van der Waals surface area contributed by atoms with E-state index < -0.39 is 5.54 Å². The molecule has 1 aromatic carbocycles. The number of rotatable bonds is 3. The van der Waals surface area contributed by atoms with Gasteiger partial charge in [-0.05, 0) is 38.5 Å². The molecule has 1 saturated heterocycles. The van der Waals surface area contributed by atoms with Gasteiger partial charge in [0.25, 0.3) is 0 Å². The van der Waals surface area contributed by atoms with Gasteiger partial charge < -0.3 is 14.8 Å². The topological polar surface area (TPSA) is 47.6 Å². The number of anilines is 1. The van der Waals surface area contributed by atoms with E-state index in [4.69, 9.17) is 9.47 Å². The highest BCUT2D eigenvalue weighted by atomic mass is 16.5. The van der Waals surface area contributed by atoms with Crippen LogP contribution in [0.3, 0.4) is 0 Å². The number of carbonyl (C=O) groups excluding carboxylic acids is 1. The number of nitrogens with one attached hydrogen (secondary N) is 1. The molecule has 4 heteroatoms. The van der Waals surface area contributed by atoms with E-state index in [1.165, 1.54) is 7.11 Å². The van der Waals surface area contributed by atoms with Gasteiger partial charge in [-0.15, -0.1) is 0 Å². The summed E-state index contributed by atoms with van der Waals surface area (Å²) in [6.45, 7) is 6.58. The lowest BCUT2D eigenvalue weighted by atomic mass is 9.81. The number of carbonyl (C=O) groups is 1. The molecule has 2 rings (SSSR count). The Bertz CT molecular complexity index is 498. The minimum Gasteiger partial charge on any atom is -0.467 e. The van der Waals surface area contributed by atoms with Crippen LogP contribution in [0.5, 0.6) is 0 Å². The van der Waals surface area contributed by atoms with Gasteiger partial charge in [0, 0.05) is 18.5 Å². The molecule has 1 fully saturated rings. The molecule has 0 spiro atoms. The van der Waals surface area contributed by atoms with Crippen LogP contribution < -0.4 is 5.32 Å². The molecule has 20 heavy (non-hydrogen) atoms. The Morgan fingerprint density at radius 2 is 2.15 bits per heavy atom. The van der Waals surface area contributed by atoms with Crippen molar-refractivity contribution in [2.45, 2.75) is 44.8 Å². The second-order valence-corrected chi connectivity index (χ2v) is 6.10. The Kier molecular flexibility index (Phi) is 4.04. The molecule has 0 bridgehead atoms. The first kappa shape index (κ1) is 14.9. The van der Waals surface area contributed by atoms with E-state index in [2.05, 4.69) is 5.32 Å². The Hall–Kier alpha value is -1.55. The number of benzene rings is 1. The van der Waals surface area contributed by atoms with Crippen molar-refractivity contribution in [2.75, 3.05) is 19.0 Å². The monoisotopic (exact) mass is 277 g/mol. The molecule has 0 aliphatic carbocycles. The Balaban J connectivity index is 2.30. The van der Waals surface area contributed by atoms with Crippen molar-refractivity contribution in [3.05, 3.63) is 29.8 Å². The van der Waals surface area contributed by atoms with Crippen LogP contribution in [0.25, 0.3) is 0 Å². The predicted octanol–water partition coefficient (Wildman–Crippen LogP) is 2.91. The fourth-order valence-corrected chi connectivity index (χ4v) is 2.89. The van der Waals surface area contributed by atoms with Gasteiger partial charge in [-0.3, -0.25) is 0 Å². The zero-order valence-electron chi connectivity index (χ0n) is 12.7.